The third kappa shape index (κ3) is 5.69. The van der Waals surface area contributed by atoms with Crippen LogP contribution >= 0.6 is 15.9 Å². The second-order valence-electron chi connectivity index (χ2n) is 5.60. The zero-order valence-corrected chi connectivity index (χ0v) is 13.2. The van der Waals surface area contributed by atoms with Gasteiger partial charge in [0.2, 0.25) is 0 Å². The Morgan fingerprint density at radius 1 is 1.39 bits per heavy atom. The Bertz CT molecular complexity index is 421. The summed E-state index contributed by atoms with van der Waals surface area (Å²) in [7, 11) is 0. The highest BCUT2D eigenvalue weighted by Gasteiger charge is 2.10. The first-order valence-corrected chi connectivity index (χ1v) is 6.88. The van der Waals surface area contributed by atoms with Crippen LogP contribution in [0, 0.1) is 0 Å². The summed E-state index contributed by atoms with van der Waals surface area (Å²) in [6.45, 7) is 13.6. The van der Waals surface area contributed by atoms with E-state index in [0.29, 0.717) is 6.61 Å². The molecule has 0 unspecified atom stereocenters. The van der Waals surface area contributed by atoms with Crippen molar-refractivity contribution in [3.63, 3.8) is 0 Å². The fraction of sp³-hybridized carbons (Fsp3) is 0.467. The smallest absolute Gasteiger partial charge is 0.120 e. The normalized spacial score (nSPS) is 11.4. The van der Waals surface area contributed by atoms with Crippen molar-refractivity contribution in [2.24, 2.45) is 0 Å². The number of hydrogen-bond donors (Lipinski definition) is 1. The molecule has 0 aliphatic heterocycles. The first kappa shape index (κ1) is 15.3. The van der Waals surface area contributed by atoms with Crippen molar-refractivity contribution in [3.05, 3.63) is 40.4 Å². The van der Waals surface area contributed by atoms with Crippen LogP contribution in [-0.2, 0) is 6.54 Å². The van der Waals surface area contributed by atoms with Gasteiger partial charge in [0.25, 0.3) is 0 Å². The lowest BCUT2D eigenvalue weighted by molar-refractivity contribution is 0.351. The molecular weight excluding hydrogens is 290 g/mol. The summed E-state index contributed by atoms with van der Waals surface area (Å²) in [5, 5.41) is 3.47. The third-order valence-corrected chi connectivity index (χ3v) is 3.09. The van der Waals surface area contributed by atoms with Crippen LogP contribution in [0.1, 0.15) is 33.3 Å². The molecule has 0 spiro atoms. The summed E-state index contributed by atoms with van der Waals surface area (Å²) >= 11 is 3.57. The quantitative estimate of drug-likeness (QED) is 0.819. The molecular formula is C15H22BrNO. The van der Waals surface area contributed by atoms with E-state index >= 15 is 0 Å². The van der Waals surface area contributed by atoms with Gasteiger partial charge in [0.1, 0.15) is 12.4 Å². The Morgan fingerprint density at radius 2 is 2.06 bits per heavy atom. The highest BCUT2D eigenvalue weighted by molar-refractivity contribution is 9.10. The van der Waals surface area contributed by atoms with Crippen LogP contribution in [0.2, 0.25) is 0 Å². The zero-order valence-electron chi connectivity index (χ0n) is 11.6. The van der Waals surface area contributed by atoms with E-state index in [2.05, 4.69) is 54.7 Å². The molecule has 100 valence electrons. The van der Waals surface area contributed by atoms with Gasteiger partial charge in [-0.3, -0.25) is 0 Å². The molecule has 0 aliphatic carbocycles. The molecule has 18 heavy (non-hydrogen) atoms. The summed E-state index contributed by atoms with van der Waals surface area (Å²) in [6.07, 6.45) is 0. The molecule has 1 aromatic rings. The Kier molecular flexibility index (Phi) is 5.42. The van der Waals surface area contributed by atoms with Crippen molar-refractivity contribution in [2.45, 2.75) is 39.8 Å². The monoisotopic (exact) mass is 311 g/mol. The molecule has 0 fully saturated rings. The molecule has 0 atom stereocenters. The fourth-order valence-electron chi connectivity index (χ4n) is 1.34. The summed E-state index contributed by atoms with van der Waals surface area (Å²) in [6, 6.07) is 6.05. The number of nitrogens with one attached hydrogen (secondary N) is 1. The maximum absolute atomic E-state index is 5.65. The summed E-state index contributed by atoms with van der Waals surface area (Å²) in [5.74, 6) is 0.881. The maximum Gasteiger partial charge on any atom is 0.120 e. The predicted molar refractivity (Wildman–Crippen MR) is 81.0 cm³/mol. The van der Waals surface area contributed by atoms with Gasteiger partial charge in [-0.15, -0.1) is 0 Å². The van der Waals surface area contributed by atoms with Gasteiger partial charge in [-0.05, 0) is 57.0 Å². The molecule has 2 nitrogen and oxygen atoms in total. The lowest BCUT2D eigenvalue weighted by atomic mass is 10.1. The molecule has 3 heteroatoms. The van der Waals surface area contributed by atoms with Crippen LogP contribution < -0.4 is 10.1 Å². The van der Waals surface area contributed by atoms with Crippen molar-refractivity contribution in [1.82, 2.24) is 5.32 Å². The standard InChI is InChI=1S/C15H22BrNO/c1-11(2)10-18-13-6-7-14(16)12(8-13)9-17-15(3,4)5/h6-8,17H,1,9-10H2,2-5H3. The van der Waals surface area contributed by atoms with Crippen molar-refractivity contribution in [3.8, 4) is 5.75 Å². The summed E-state index contributed by atoms with van der Waals surface area (Å²) in [5.41, 5.74) is 2.32. The second kappa shape index (κ2) is 6.39. The minimum atomic E-state index is 0.105. The van der Waals surface area contributed by atoms with Crippen molar-refractivity contribution >= 4 is 15.9 Å². The van der Waals surface area contributed by atoms with Gasteiger partial charge in [0.15, 0.2) is 0 Å². The van der Waals surface area contributed by atoms with Crippen LogP contribution in [0.5, 0.6) is 5.75 Å². The fourth-order valence-corrected chi connectivity index (χ4v) is 1.73. The number of hydrogen-bond acceptors (Lipinski definition) is 2. The number of ether oxygens (including phenoxy) is 1. The Labute approximate surface area is 119 Å². The third-order valence-electron chi connectivity index (χ3n) is 2.31. The maximum atomic E-state index is 5.65. The van der Waals surface area contributed by atoms with E-state index in [-0.39, 0.29) is 5.54 Å². The topological polar surface area (TPSA) is 21.3 Å². The molecule has 1 rings (SSSR count). The van der Waals surface area contributed by atoms with E-state index in [9.17, 15) is 0 Å². The first-order valence-electron chi connectivity index (χ1n) is 6.08. The molecule has 0 saturated heterocycles. The molecule has 1 aromatic carbocycles. The van der Waals surface area contributed by atoms with E-state index in [1.807, 2.05) is 19.1 Å². The average Bonchev–Trinajstić information content (AvgIpc) is 2.25. The van der Waals surface area contributed by atoms with E-state index in [0.717, 1.165) is 22.3 Å². The van der Waals surface area contributed by atoms with E-state index in [4.69, 9.17) is 4.74 Å². The van der Waals surface area contributed by atoms with E-state index < -0.39 is 0 Å². The lowest BCUT2D eigenvalue weighted by Crippen LogP contribution is -2.35. The van der Waals surface area contributed by atoms with E-state index in [1.165, 1.54) is 5.56 Å². The molecule has 0 radical (unpaired) electrons. The molecule has 0 amide bonds. The Balaban J connectivity index is 2.71. The highest BCUT2D eigenvalue weighted by Crippen LogP contribution is 2.23. The molecule has 0 heterocycles. The van der Waals surface area contributed by atoms with Gasteiger partial charge in [0, 0.05) is 16.6 Å². The highest BCUT2D eigenvalue weighted by atomic mass is 79.9. The SMILES string of the molecule is C=C(C)COc1ccc(Br)c(CNC(C)(C)C)c1. The molecule has 1 N–H and O–H groups in total. The van der Waals surface area contributed by atoms with Crippen LogP contribution in [0.3, 0.4) is 0 Å². The Morgan fingerprint density at radius 3 is 2.61 bits per heavy atom. The minimum absolute atomic E-state index is 0.105. The zero-order chi connectivity index (χ0) is 13.8. The van der Waals surface area contributed by atoms with Crippen LogP contribution in [0.4, 0.5) is 0 Å². The number of halogens is 1. The van der Waals surface area contributed by atoms with E-state index in [1.54, 1.807) is 0 Å². The van der Waals surface area contributed by atoms with Crippen LogP contribution in [0.15, 0.2) is 34.8 Å². The van der Waals surface area contributed by atoms with Gasteiger partial charge >= 0.3 is 0 Å². The van der Waals surface area contributed by atoms with Crippen molar-refractivity contribution in [2.75, 3.05) is 6.61 Å². The molecule has 0 bridgehead atoms. The summed E-state index contributed by atoms with van der Waals surface area (Å²) < 4.78 is 6.75. The van der Waals surface area contributed by atoms with Crippen LogP contribution in [-0.4, -0.2) is 12.1 Å². The summed E-state index contributed by atoms with van der Waals surface area (Å²) in [4.78, 5) is 0. The number of benzene rings is 1. The average molecular weight is 312 g/mol. The van der Waals surface area contributed by atoms with Gasteiger partial charge in [0.05, 0.1) is 0 Å². The predicted octanol–water partition coefficient (Wildman–Crippen LogP) is 4.29. The van der Waals surface area contributed by atoms with Crippen LogP contribution in [0.25, 0.3) is 0 Å². The first-order chi connectivity index (χ1) is 8.28. The van der Waals surface area contributed by atoms with Crippen molar-refractivity contribution in [1.29, 1.82) is 0 Å². The largest absolute Gasteiger partial charge is 0.489 e. The minimum Gasteiger partial charge on any atom is -0.489 e. The second-order valence-corrected chi connectivity index (χ2v) is 6.46. The van der Waals surface area contributed by atoms with Gasteiger partial charge in [-0.2, -0.15) is 0 Å². The number of rotatable bonds is 5. The van der Waals surface area contributed by atoms with Crippen molar-refractivity contribution < 1.29 is 4.74 Å². The molecule has 0 aromatic heterocycles. The molecule has 0 aliphatic rings. The lowest BCUT2D eigenvalue weighted by Gasteiger charge is -2.21. The van der Waals surface area contributed by atoms with Gasteiger partial charge in [-0.25, -0.2) is 0 Å². The molecule has 0 saturated carbocycles. The van der Waals surface area contributed by atoms with Gasteiger partial charge < -0.3 is 10.1 Å². The van der Waals surface area contributed by atoms with Gasteiger partial charge in [-0.1, -0.05) is 22.5 Å². The Hall–Kier alpha value is -0.800.